The van der Waals surface area contributed by atoms with Gasteiger partial charge in [-0.15, -0.1) is 0 Å². The summed E-state index contributed by atoms with van der Waals surface area (Å²) in [5, 5.41) is 0.665. The van der Waals surface area contributed by atoms with Gasteiger partial charge in [0.1, 0.15) is 0 Å². The van der Waals surface area contributed by atoms with Gasteiger partial charge in [0.2, 0.25) is 0 Å². The standard InChI is InChI=1S/C21H20ClNO2S2/c1-15(2)16-7-13-19(14-8-16)27(24,25)23-20-5-3-4-6-21(20)26-18-11-9-17(22)10-12-18/h3-15,23H,1-2H3. The van der Waals surface area contributed by atoms with Crippen LogP contribution in [0.4, 0.5) is 5.69 Å². The fourth-order valence-electron chi connectivity index (χ4n) is 2.51. The minimum atomic E-state index is -3.66. The van der Waals surface area contributed by atoms with Crippen molar-refractivity contribution in [1.29, 1.82) is 0 Å². The largest absolute Gasteiger partial charge is 0.278 e. The molecule has 0 saturated heterocycles. The Hall–Kier alpha value is -1.95. The average Bonchev–Trinajstić information content (AvgIpc) is 2.65. The van der Waals surface area contributed by atoms with Gasteiger partial charge in [0.05, 0.1) is 10.6 Å². The number of hydrogen-bond acceptors (Lipinski definition) is 3. The van der Waals surface area contributed by atoms with Gasteiger partial charge >= 0.3 is 0 Å². The fraction of sp³-hybridized carbons (Fsp3) is 0.143. The van der Waals surface area contributed by atoms with E-state index in [1.54, 1.807) is 18.2 Å². The smallest absolute Gasteiger partial charge is 0.261 e. The lowest BCUT2D eigenvalue weighted by atomic mass is 10.0. The van der Waals surface area contributed by atoms with Gasteiger partial charge in [0, 0.05) is 14.8 Å². The van der Waals surface area contributed by atoms with E-state index < -0.39 is 10.0 Å². The van der Waals surface area contributed by atoms with Crippen LogP contribution in [0.5, 0.6) is 0 Å². The van der Waals surface area contributed by atoms with E-state index in [4.69, 9.17) is 11.6 Å². The molecule has 0 unspecified atom stereocenters. The quantitative estimate of drug-likeness (QED) is 0.503. The minimum absolute atomic E-state index is 0.248. The molecule has 0 heterocycles. The topological polar surface area (TPSA) is 46.2 Å². The molecule has 3 aromatic carbocycles. The normalized spacial score (nSPS) is 11.6. The van der Waals surface area contributed by atoms with Gasteiger partial charge < -0.3 is 0 Å². The van der Waals surface area contributed by atoms with Crippen LogP contribution in [0.15, 0.2) is 87.5 Å². The monoisotopic (exact) mass is 417 g/mol. The summed E-state index contributed by atoms with van der Waals surface area (Å²) in [4.78, 5) is 2.05. The Morgan fingerprint density at radius 1 is 0.889 bits per heavy atom. The zero-order valence-electron chi connectivity index (χ0n) is 15.0. The second-order valence-corrected chi connectivity index (χ2v) is 9.62. The Morgan fingerprint density at radius 2 is 1.52 bits per heavy atom. The van der Waals surface area contributed by atoms with Crippen molar-refractivity contribution in [2.75, 3.05) is 4.72 Å². The van der Waals surface area contributed by atoms with Gasteiger partial charge in [-0.05, 0) is 60.0 Å². The van der Waals surface area contributed by atoms with Gasteiger partial charge in [-0.2, -0.15) is 0 Å². The first-order valence-corrected chi connectivity index (χ1v) is 11.2. The summed E-state index contributed by atoms with van der Waals surface area (Å²) < 4.78 is 28.3. The summed E-state index contributed by atoms with van der Waals surface area (Å²) in [5.41, 5.74) is 1.65. The van der Waals surface area contributed by atoms with Crippen LogP contribution in [-0.2, 0) is 10.0 Å². The van der Waals surface area contributed by atoms with Gasteiger partial charge in [-0.25, -0.2) is 8.42 Å². The molecule has 27 heavy (non-hydrogen) atoms. The first-order chi connectivity index (χ1) is 12.8. The maximum Gasteiger partial charge on any atom is 0.261 e. The highest BCUT2D eigenvalue weighted by Crippen LogP contribution is 2.35. The average molecular weight is 418 g/mol. The molecule has 0 aromatic heterocycles. The lowest BCUT2D eigenvalue weighted by Crippen LogP contribution is -2.13. The van der Waals surface area contributed by atoms with Gasteiger partial charge in [-0.3, -0.25) is 4.72 Å². The van der Waals surface area contributed by atoms with Crippen LogP contribution in [0, 0.1) is 0 Å². The Morgan fingerprint density at radius 3 is 2.15 bits per heavy atom. The zero-order chi connectivity index (χ0) is 19.4. The molecule has 0 spiro atoms. The number of sulfonamides is 1. The van der Waals surface area contributed by atoms with E-state index in [9.17, 15) is 8.42 Å². The molecule has 3 aromatic rings. The molecule has 0 atom stereocenters. The van der Waals surface area contributed by atoms with Crippen molar-refractivity contribution in [3.8, 4) is 0 Å². The third kappa shape index (κ3) is 5.06. The molecular weight excluding hydrogens is 398 g/mol. The number of anilines is 1. The van der Waals surface area contributed by atoms with Crippen LogP contribution in [0.2, 0.25) is 5.02 Å². The Bertz CT molecular complexity index is 1010. The third-order valence-electron chi connectivity index (χ3n) is 4.03. The number of halogens is 1. The van der Waals surface area contributed by atoms with E-state index in [1.165, 1.54) is 11.8 Å². The van der Waals surface area contributed by atoms with Crippen molar-refractivity contribution < 1.29 is 8.42 Å². The summed E-state index contributed by atoms with van der Waals surface area (Å²) in [5.74, 6) is 0.353. The fourth-order valence-corrected chi connectivity index (χ4v) is 4.68. The molecule has 0 amide bonds. The maximum atomic E-state index is 12.8. The van der Waals surface area contributed by atoms with Crippen LogP contribution < -0.4 is 4.72 Å². The first-order valence-electron chi connectivity index (χ1n) is 8.50. The van der Waals surface area contributed by atoms with E-state index in [2.05, 4.69) is 18.6 Å². The highest BCUT2D eigenvalue weighted by Gasteiger charge is 2.16. The molecule has 0 saturated carbocycles. The highest BCUT2D eigenvalue weighted by molar-refractivity contribution is 7.99. The second-order valence-electron chi connectivity index (χ2n) is 6.38. The predicted molar refractivity (Wildman–Crippen MR) is 113 cm³/mol. The molecule has 3 nitrogen and oxygen atoms in total. The van der Waals surface area contributed by atoms with Crippen LogP contribution in [0.25, 0.3) is 0 Å². The van der Waals surface area contributed by atoms with Crippen molar-refractivity contribution in [2.24, 2.45) is 0 Å². The van der Waals surface area contributed by atoms with E-state index in [0.717, 1.165) is 15.4 Å². The van der Waals surface area contributed by atoms with Crippen LogP contribution in [0.1, 0.15) is 25.3 Å². The van der Waals surface area contributed by atoms with E-state index in [1.807, 2.05) is 54.6 Å². The van der Waals surface area contributed by atoms with E-state index >= 15 is 0 Å². The molecule has 1 N–H and O–H groups in total. The van der Waals surface area contributed by atoms with Crippen molar-refractivity contribution in [1.82, 2.24) is 0 Å². The first kappa shape index (κ1) is 19.8. The molecule has 0 fully saturated rings. The second kappa shape index (κ2) is 8.38. The summed E-state index contributed by atoms with van der Waals surface area (Å²) in [6.45, 7) is 4.15. The third-order valence-corrected chi connectivity index (χ3v) is 6.75. The summed E-state index contributed by atoms with van der Waals surface area (Å²) in [7, 11) is -3.66. The molecule has 140 valence electrons. The molecule has 0 aliphatic heterocycles. The maximum absolute atomic E-state index is 12.8. The molecule has 6 heteroatoms. The Labute approximate surface area is 169 Å². The van der Waals surface area contributed by atoms with Crippen LogP contribution in [0.3, 0.4) is 0 Å². The Balaban J connectivity index is 1.85. The summed E-state index contributed by atoms with van der Waals surface area (Å²) >= 11 is 7.41. The summed E-state index contributed by atoms with van der Waals surface area (Å²) in [6, 6.07) is 21.8. The van der Waals surface area contributed by atoms with Crippen molar-refractivity contribution >= 4 is 39.1 Å². The SMILES string of the molecule is CC(C)c1ccc(S(=O)(=O)Nc2ccccc2Sc2ccc(Cl)cc2)cc1. The lowest BCUT2D eigenvalue weighted by Gasteiger charge is -2.13. The van der Waals surface area contributed by atoms with E-state index in [0.29, 0.717) is 16.6 Å². The molecule has 0 radical (unpaired) electrons. The highest BCUT2D eigenvalue weighted by atomic mass is 35.5. The number of hydrogen-bond donors (Lipinski definition) is 1. The van der Waals surface area contributed by atoms with E-state index in [-0.39, 0.29) is 4.90 Å². The van der Waals surface area contributed by atoms with Crippen molar-refractivity contribution in [3.63, 3.8) is 0 Å². The molecule has 0 aliphatic rings. The number of nitrogens with one attached hydrogen (secondary N) is 1. The minimum Gasteiger partial charge on any atom is -0.278 e. The van der Waals surface area contributed by atoms with Crippen molar-refractivity contribution in [3.05, 3.63) is 83.4 Å². The zero-order valence-corrected chi connectivity index (χ0v) is 17.4. The number of para-hydroxylation sites is 1. The molecular formula is C21H20ClNO2S2. The molecule has 3 rings (SSSR count). The summed E-state index contributed by atoms with van der Waals surface area (Å²) in [6.07, 6.45) is 0. The Kier molecular flexibility index (Phi) is 6.15. The number of benzene rings is 3. The molecule has 0 aliphatic carbocycles. The van der Waals surface area contributed by atoms with Gasteiger partial charge in [-0.1, -0.05) is 61.5 Å². The lowest BCUT2D eigenvalue weighted by molar-refractivity contribution is 0.601. The van der Waals surface area contributed by atoms with Crippen LogP contribution >= 0.6 is 23.4 Å². The van der Waals surface area contributed by atoms with Gasteiger partial charge in [0.15, 0.2) is 0 Å². The molecule has 0 bridgehead atoms. The van der Waals surface area contributed by atoms with Crippen LogP contribution in [-0.4, -0.2) is 8.42 Å². The number of rotatable bonds is 6. The van der Waals surface area contributed by atoms with Crippen molar-refractivity contribution in [2.45, 2.75) is 34.5 Å². The van der Waals surface area contributed by atoms with Gasteiger partial charge in [0.25, 0.3) is 10.0 Å². The predicted octanol–water partition coefficient (Wildman–Crippen LogP) is 6.42.